The number of rotatable bonds is 8. The Morgan fingerprint density at radius 2 is 1.76 bits per heavy atom. The van der Waals surface area contributed by atoms with Gasteiger partial charge in [0.2, 0.25) is 0 Å². The van der Waals surface area contributed by atoms with Crippen LogP contribution in [0.4, 0.5) is 0 Å². The number of thiazole rings is 1. The van der Waals surface area contributed by atoms with Crippen LogP contribution in [0.1, 0.15) is 18.0 Å². The van der Waals surface area contributed by atoms with Gasteiger partial charge >= 0.3 is 5.97 Å². The van der Waals surface area contributed by atoms with Gasteiger partial charge in [0.1, 0.15) is 16.5 Å². The second-order valence-corrected chi connectivity index (χ2v) is 7.39. The average molecular weight is 414 g/mol. The molecule has 0 aliphatic rings. The van der Waals surface area contributed by atoms with Crippen molar-refractivity contribution >= 4 is 33.4 Å². The highest BCUT2D eigenvalue weighted by Gasteiger charge is 2.21. The lowest BCUT2D eigenvalue weighted by atomic mass is 10.3. The first kappa shape index (κ1) is 20.6. The molecule has 0 aliphatic heterocycles. The van der Waals surface area contributed by atoms with Crippen LogP contribution in [0, 0.1) is 0 Å². The van der Waals surface area contributed by atoms with E-state index in [1.807, 2.05) is 31.2 Å². The number of aromatic nitrogens is 1. The molecule has 0 N–H and O–H groups in total. The number of fused-ring (bicyclic) bond motifs is 1. The van der Waals surface area contributed by atoms with Gasteiger partial charge in [-0.25, -0.2) is 9.78 Å². The highest BCUT2D eigenvalue weighted by atomic mass is 32.1. The van der Waals surface area contributed by atoms with Gasteiger partial charge in [0.05, 0.1) is 23.4 Å². The van der Waals surface area contributed by atoms with E-state index in [9.17, 15) is 9.59 Å². The lowest BCUT2D eigenvalue weighted by Crippen LogP contribution is -2.34. The number of amides is 1. The first-order valence-corrected chi connectivity index (χ1v) is 9.83. The van der Waals surface area contributed by atoms with E-state index in [1.54, 1.807) is 49.8 Å². The molecular formula is C21H22N2O5S. The zero-order valence-corrected chi connectivity index (χ0v) is 17.3. The van der Waals surface area contributed by atoms with E-state index in [0.717, 1.165) is 15.2 Å². The van der Waals surface area contributed by atoms with Gasteiger partial charge in [-0.05, 0) is 43.3 Å². The van der Waals surface area contributed by atoms with E-state index in [4.69, 9.17) is 14.2 Å². The molecule has 8 heteroatoms. The van der Waals surface area contributed by atoms with Crippen LogP contribution in [-0.4, -0.2) is 49.1 Å². The maximum atomic E-state index is 12.4. The number of hydrogen-bond donors (Lipinski definition) is 0. The van der Waals surface area contributed by atoms with Crippen molar-refractivity contribution in [3.05, 3.63) is 53.5 Å². The van der Waals surface area contributed by atoms with E-state index in [0.29, 0.717) is 11.5 Å². The molecule has 2 aromatic carbocycles. The monoisotopic (exact) mass is 414 g/mol. The number of methoxy groups -OCH3 is 1. The molecule has 1 amide bonds. The summed E-state index contributed by atoms with van der Waals surface area (Å²) in [6.07, 6.45) is 0. The van der Waals surface area contributed by atoms with Crippen molar-refractivity contribution in [2.75, 3.05) is 27.4 Å². The van der Waals surface area contributed by atoms with E-state index in [2.05, 4.69) is 4.98 Å². The summed E-state index contributed by atoms with van der Waals surface area (Å²) < 4.78 is 16.5. The van der Waals surface area contributed by atoms with Gasteiger partial charge in [-0.2, -0.15) is 0 Å². The number of likely N-dealkylation sites (N-methyl/N-ethyl adjacent to an activating group) is 1. The van der Waals surface area contributed by atoms with Crippen molar-refractivity contribution in [2.24, 2.45) is 0 Å². The third kappa shape index (κ3) is 5.23. The number of nitrogens with zero attached hydrogens (tertiary/aromatic N) is 2. The fraction of sp³-hybridized carbons (Fsp3) is 0.286. The van der Waals surface area contributed by atoms with Gasteiger partial charge in [-0.3, -0.25) is 4.79 Å². The topological polar surface area (TPSA) is 78.0 Å². The van der Waals surface area contributed by atoms with Crippen molar-refractivity contribution in [3.63, 3.8) is 0 Å². The summed E-state index contributed by atoms with van der Waals surface area (Å²) in [5.41, 5.74) is 0.905. The Balaban J connectivity index is 1.47. The smallest absolute Gasteiger partial charge is 0.344 e. The van der Waals surface area contributed by atoms with E-state index in [-0.39, 0.29) is 25.2 Å². The number of hydrogen-bond acceptors (Lipinski definition) is 7. The molecule has 0 fully saturated rings. The van der Waals surface area contributed by atoms with Crippen molar-refractivity contribution in [2.45, 2.75) is 13.0 Å². The summed E-state index contributed by atoms with van der Waals surface area (Å²) >= 11 is 1.54. The molecule has 1 heterocycles. The molecule has 0 saturated carbocycles. The summed E-state index contributed by atoms with van der Waals surface area (Å²) in [6.45, 7) is 1.26. The lowest BCUT2D eigenvalue weighted by molar-refractivity contribution is -0.153. The number of esters is 1. The number of ether oxygens (including phenoxy) is 3. The lowest BCUT2D eigenvalue weighted by Gasteiger charge is -2.23. The standard InChI is InChI=1S/C21H22N2O5S/c1-14(21-22-17-6-4-5-7-18(17)29-21)23(2)19(24)12-28-20(25)13-27-16-10-8-15(26-3)9-11-16/h4-11,14H,12-13H2,1-3H3/t14-/m1/s1. The molecule has 152 valence electrons. The molecule has 0 unspecified atom stereocenters. The second-order valence-electron chi connectivity index (χ2n) is 6.33. The molecule has 3 aromatic rings. The van der Waals surface area contributed by atoms with Gasteiger partial charge in [0.25, 0.3) is 5.91 Å². The number of benzene rings is 2. The van der Waals surface area contributed by atoms with Gasteiger partial charge < -0.3 is 19.1 Å². The zero-order chi connectivity index (χ0) is 20.8. The first-order chi connectivity index (χ1) is 14.0. The maximum absolute atomic E-state index is 12.4. The summed E-state index contributed by atoms with van der Waals surface area (Å²) in [5.74, 6) is 0.274. The first-order valence-electron chi connectivity index (χ1n) is 9.01. The van der Waals surface area contributed by atoms with Crippen LogP contribution in [0.25, 0.3) is 10.2 Å². The van der Waals surface area contributed by atoms with Crippen LogP contribution in [0.2, 0.25) is 0 Å². The predicted octanol–water partition coefficient (Wildman–Crippen LogP) is 3.45. The molecule has 0 radical (unpaired) electrons. The Hall–Kier alpha value is -3.13. The Kier molecular flexibility index (Phi) is 6.66. The zero-order valence-electron chi connectivity index (χ0n) is 16.5. The van der Waals surface area contributed by atoms with Crippen LogP contribution in [0.5, 0.6) is 11.5 Å². The third-order valence-corrected chi connectivity index (χ3v) is 5.62. The third-order valence-electron chi connectivity index (χ3n) is 4.41. The summed E-state index contributed by atoms with van der Waals surface area (Å²) in [7, 11) is 3.24. The van der Waals surface area contributed by atoms with Gasteiger partial charge in [0.15, 0.2) is 13.2 Å². The van der Waals surface area contributed by atoms with Gasteiger partial charge in [-0.1, -0.05) is 12.1 Å². The fourth-order valence-corrected chi connectivity index (χ4v) is 3.61. The Morgan fingerprint density at radius 1 is 1.07 bits per heavy atom. The second kappa shape index (κ2) is 9.38. The largest absolute Gasteiger partial charge is 0.497 e. The van der Waals surface area contributed by atoms with Crippen LogP contribution < -0.4 is 9.47 Å². The van der Waals surface area contributed by atoms with Crippen molar-refractivity contribution in [1.29, 1.82) is 0 Å². The molecule has 1 aromatic heterocycles. The highest BCUT2D eigenvalue weighted by molar-refractivity contribution is 7.18. The number of carbonyl (C=O) groups is 2. The van der Waals surface area contributed by atoms with Crippen molar-refractivity contribution < 1.29 is 23.8 Å². The predicted molar refractivity (Wildman–Crippen MR) is 110 cm³/mol. The number of carbonyl (C=O) groups excluding carboxylic acids is 2. The van der Waals surface area contributed by atoms with Gasteiger partial charge in [-0.15, -0.1) is 11.3 Å². The molecular weight excluding hydrogens is 392 g/mol. The minimum atomic E-state index is -0.616. The molecule has 0 aliphatic carbocycles. The van der Waals surface area contributed by atoms with E-state index < -0.39 is 5.97 Å². The van der Waals surface area contributed by atoms with E-state index >= 15 is 0 Å². The Morgan fingerprint density at radius 3 is 2.45 bits per heavy atom. The average Bonchev–Trinajstić information content (AvgIpc) is 3.19. The van der Waals surface area contributed by atoms with Crippen LogP contribution >= 0.6 is 11.3 Å². The maximum Gasteiger partial charge on any atom is 0.344 e. The highest BCUT2D eigenvalue weighted by Crippen LogP contribution is 2.28. The SMILES string of the molecule is COc1ccc(OCC(=O)OCC(=O)N(C)[C@H](C)c2nc3ccccc3s2)cc1. The number of para-hydroxylation sites is 1. The molecule has 0 saturated heterocycles. The quantitative estimate of drug-likeness (QED) is 0.526. The molecule has 29 heavy (non-hydrogen) atoms. The van der Waals surface area contributed by atoms with Gasteiger partial charge in [0, 0.05) is 7.05 Å². The van der Waals surface area contributed by atoms with Crippen molar-refractivity contribution in [3.8, 4) is 11.5 Å². The van der Waals surface area contributed by atoms with Crippen LogP contribution in [0.3, 0.4) is 0 Å². The van der Waals surface area contributed by atoms with Crippen LogP contribution in [0.15, 0.2) is 48.5 Å². The minimum absolute atomic E-state index is 0.228. The Labute approximate surface area is 172 Å². The molecule has 0 spiro atoms. The summed E-state index contributed by atoms with van der Waals surface area (Å²) in [5, 5.41) is 0.830. The van der Waals surface area contributed by atoms with E-state index in [1.165, 1.54) is 4.90 Å². The molecule has 7 nitrogen and oxygen atoms in total. The molecule has 0 bridgehead atoms. The van der Waals surface area contributed by atoms with Crippen molar-refractivity contribution in [1.82, 2.24) is 9.88 Å². The van der Waals surface area contributed by atoms with Crippen LogP contribution in [-0.2, 0) is 14.3 Å². The molecule has 3 rings (SSSR count). The Bertz CT molecular complexity index is 953. The fourth-order valence-electron chi connectivity index (χ4n) is 2.55. The normalized spacial score (nSPS) is 11.7. The molecule has 1 atom stereocenters. The summed E-state index contributed by atoms with van der Waals surface area (Å²) in [6, 6.07) is 14.4. The summed E-state index contributed by atoms with van der Waals surface area (Å²) in [4.78, 5) is 30.4. The minimum Gasteiger partial charge on any atom is -0.497 e.